The minimum atomic E-state index is 1.23. The van der Waals surface area contributed by atoms with Gasteiger partial charge in [-0.1, -0.05) is 153 Å². The lowest BCUT2D eigenvalue weighted by Crippen LogP contribution is -1.84. The second kappa shape index (κ2) is 17.1. The van der Waals surface area contributed by atoms with Gasteiger partial charge in [0.2, 0.25) is 0 Å². The molecule has 6 aromatic rings. The number of thiophene rings is 2. The van der Waals surface area contributed by atoms with Crippen LogP contribution in [0.2, 0.25) is 0 Å². The average molecular weight is 649 g/mol. The molecule has 0 saturated carbocycles. The number of unbranched alkanes of at least 4 members (excludes halogenated alkanes) is 16. The predicted molar refractivity (Wildman–Crippen MR) is 212 cm³/mol. The van der Waals surface area contributed by atoms with Gasteiger partial charge in [-0.3, -0.25) is 0 Å². The predicted octanol–water partition coefficient (Wildman–Crippen LogP) is 15.7. The van der Waals surface area contributed by atoms with Crippen LogP contribution in [0.15, 0.2) is 60.7 Å². The molecule has 0 bridgehead atoms. The molecule has 0 aliphatic rings. The summed E-state index contributed by atoms with van der Waals surface area (Å²) in [5, 5.41) is 11.3. The van der Waals surface area contributed by atoms with Crippen LogP contribution in [0.5, 0.6) is 0 Å². The lowest BCUT2D eigenvalue weighted by Gasteiger charge is -2.09. The van der Waals surface area contributed by atoms with Gasteiger partial charge >= 0.3 is 0 Å². The van der Waals surface area contributed by atoms with Crippen molar-refractivity contribution in [2.24, 2.45) is 0 Å². The van der Waals surface area contributed by atoms with Crippen molar-refractivity contribution in [1.82, 2.24) is 0 Å². The second-order valence-corrected chi connectivity index (χ2v) is 16.3. The molecule has 0 atom stereocenters. The first-order chi connectivity index (χ1) is 22.8. The van der Waals surface area contributed by atoms with Crippen molar-refractivity contribution in [2.75, 3.05) is 0 Å². The van der Waals surface area contributed by atoms with Crippen LogP contribution in [0, 0.1) is 0 Å². The summed E-state index contributed by atoms with van der Waals surface area (Å²) in [6.07, 6.45) is 27.6. The Morgan fingerprint density at radius 3 is 0.957 bits per heavy atom. The zero-order valence-electron chi connectivity index (χ0n) is 28.7. The highest BCUT2D eigenvalue weighted by Gasteiger charge is 2.12. The summed E-state index contributed by atoms with van der Waals surface area (Å²) < 4.78 is 2.89. The molecular formula is C44H56S2. The van der Waals surface area contributed by atoms with Crippen LogP contribution >= 0.6 is 22.7 Å². The van der Waals surface area contributed by atoms with E-state index < -0.39 is 0 Å². The molecular weight excluding hydrogens is 593 g/mol. The van der Waals surface area contributed by atoms with E-state index in [0.717, 1.165) is 0 Å². The van der Waals surface area contributed by atoms with Gasteiger partial charge < -0.3 is 0 Å². The minimum Gasteiger partial charge on any atom is -0.140 e. The first kappa shape index (κ1) is 33.5. The van der Waals surface area contributed by atoms with Crippen LogP contribution in [0.25, 0.3) is 52.5 Å². The maximum absolute atomic E-state index is 2.50. The third kappa shape index (κ3) is 8.16. The topological polar surface area (TPSA) is 0 Å². The molecule has 4 aromatic carbocycles. The zero-order chi connectivity index (χ0) is 31.6. The normalized spacial score (nSPS) is 12.1. The summed E-state index contributed by atoms with van der Waals surface area (Å²) in [4.78, 5) is 3.12. The Kier molecular flexibility index (Phi) is 12.5. The first-order valence-corrected chi connectivity index (χ1v) is 20.6. The van der Waals surface area contributed by atoms with E-state index in [2.05, 4.69) is 74.5 Å². The summed E-state index contributed by atoms with van der Waals surface area (Å²) in [5.41, 5.74) is 0. The summed E-state index contributed by atoms with van der Waals surface area (Å²) in [6, 6.07) is 24.2. The van der Waals surface area contributed by atoms with Crippen LogP contribution < -0.4 is 0 Å². The SMILES string of the molecule is CCCCCCCCCCCc1cc2c(ccc3c2ccc2c4ccc5sc(CCCCCCCCCCC)cc5c4ccc32)s1. The van der Waals surface area contributed by atoms with Crippen LogP contribution in [0.3, 0.4) is 0 Å². The molecule has 2 heterocycles. The van der Waals surface area contributed by atoms with Crippen LogP contribution in [0.4, 0.5) is 0 Å². The van der Waals surface area contributed by atoms with Gasteiger partial charge in [0.1, 0.15) is 0 Å². The van der Waals surface area contributed by atoms with E-state index in [9.17, 15) is 0 Å². The van der Waals surface area contributed by atoms with Gasteiger partial charge in [-0.25, -0.2) is 0 Å². The summed E-state index contributed by atoms with van der Waals surface area (Å²) in [7, 11) is 0. The van der Waals surface area contributed by atoms with Crippen molar-refractivity contribution >= 4 is 75.2 Å². The van der Waals surface area contributed by atoms with Crippen molar-refractivity contribution in [2.45, 2.75) is 142 Å². The lowest BCUT2D eigenvalue weighted by atomic mass is 9.94. The minimum absolute atomic E-state index is 1.23. The Morgan fingerprint density at radius 1 is 0.326 bits per heavy atom. The zero-order valence-corrected chi connectivity index (χ0v) is 30.4. The monoisotopic (exact) mass is 648 g/mol. The Labute approximate surface area is 286 Å². The molecule has 0 spiro atoms. The van der Waals surface area contributed by atoms with Gasteiger partial charge in [-0.2, -0.15) is 0 Å². The lowest BCUT2D eigenvalue weighted by molar-refractivity contribution is 0.565. The average Bonchev–Trinajstić information content (AvgIpc) is 3.70. The Bertz CT molecular complexity index is 1700. The number of aryl methyl sites for hydroxylation is 2. The summed E-state index contributed by atoms with van der Waals surface area (Å²) in [6.45, 7) is 4.60. The van der Waals surface area contributed by atoms with Crippen LogP contribution in [0.1, 0.15) is 139 Å². The molecule has 0 saturated heterocycles. The molecule has 0 N–H and O–H groups in total. The van der Waals surface area contributed by atoms with Crippen LogP contribution in [-0.2, 0) is 12.8 Å². The molecule has 0 unspecified atom stereocenters. The number of fused-ring (bicyclic) bond motifs is 9. The van der Waals surface area contributed by atoms with E-state index in [0.29, 0.717) is 0 Å². The number of hydrogen-bond donors (Lipinski definition) is 0. The molecule has 0 amide bonds. The van der Waals surface area contributed by atoms with Gasteiger partial charge in [0.05, 0.1) is 0 Å². The smallest absolute Gasteiger partial charge is 0.0352 e. The fourth-order valence-corrected chi connectivity index (χ4v) is 9.89. The maximum Gasteiger partial charge on any atom is 0.0352 e. The number of benzene rings is 4. The number of rotatable bonds is 20. The highest BCUT2D eigenvalue weighted by atomic mass is 32.1. The van der Waals surface area contributed by atoms with Crippen molar-refractivity contribution in [3.63, 3.8) is 0 Å². The van der Waals surface area contributed by atoms with E-state index in [1.165, 1.54) is 181 Å². The third-order valence-corrected chi connectivity index (χ3v) is 12.7. The summed E-state index contributed by atoms with van der Waals surface area (Å²) in [5.74, 6) is 0. The van der Waals surface area contributed by atoms with Crippen molar-refractivity contribution in [3.05, 3.63) is 70.4 Å². The van der Waals surface area contributed by atoms with E-state index >= 15 is 0 Å². The third-order valence-electron chi connectivity index (χ3n) is 10.3. The largest absolute Gasteiger partial charge is 0.140 e. The summed E-state index contributed by atoms with van der Waals surface area (Å²) >= 11 is 4.03. The molecule has 0 fully saturated rings. The van der Waals surface area contributed by atoms with E-state index in [-0.39, 0.29) is 0 Å². The molecule has 0 nitrogen and oxygen atoms in total. The van der Waals surface area contributed by atoms with E-state index in [1.54, 1.807) is 9.75 Å². The fourth-order valence-electron chi connectivity index (χ4n) is 7.65. The van der Waals surface area contributed by atoms with Crippen molar-refractivity contribution in [3.8, 4) is 0 Å². The highest BCUT2D eigenvalue weighted by molar-refractivity contribution is 7.19. The van der Waals surface area contributed by atoms with Gasteiger partial charge in [-0.15, -0.1) is 22.7 Å². The van der Waals surface area contributed by atoms with Gasteiger partial charge in [-0.05, 0) is 82.3 Å². The van der Waals surface area contributed by atoms with Gasteiger partial charge in [0.25, 0.3) is 0 Å². The molecule has 2 aromatic heterocycles. The quantitative estimate of drug-likeness (QED) is 0.0571. The van der Waals surface area contributed by atoms with E-state index in [1.807, 2.05) is 22.7 Å². The van der Waals surface area contributed by atoms with Crippen molar-refractivity contribution in [1.29, 1.82) is 0 Å². The molecule has 0 aliphatic carbocycles. The van der Waals surface area contributed by atoms with Gasteiger partial charge in [0, 0.05) is 29.9 Å². The molecule has 2 heteroatoms. The molecule has 46 heavy (non-hydrogen) atoms. The molecule has 0 radical (unpaired) electrons. The Balaban J connectivity index is 1.11. The maximum atomic E-state index is 2.50. The van der Waals surface area contributed by atoms with Gasteiger partial charge in [0.15, 0.2) is 0 Å². The highest BCUT2D eigenvalue weighted by Crippen LogP contribution is 2.40. The molecule has 244 valence electrons. The van der Waals surface area contributed by atoms with E-state index in [4.69, 9.17) is 0 Å². The number of hydrogen-bond acceptors (Lipinski definition) is 2. The first-order valence-electron chi connectivity index (χ1n) is 19.0. The second-order valence-electron chi connectivity index (χ2n) is 14.0. The molecule has 6 rings (SSSR count). The molecule has 0 aliphatic heterocycles. The standard InChI is InChI=1S/C44H56S2/c1-3-5-7-9-11-13-15-17-19-21-33-31-41-39-25-23-36-35(37(39)27-29-43(41)45-33)24-26-40-38(36)28-30-44-42(40)32-34(46-44)22-20-18-16-14-12-10-8-6-4-2/h23-32H,3-22H2,1-2H3. The Hall–Kier alpha value is -2.42. The fraction of sp³-hybridized carbons (Fsp3) is 0.500. The van der Waals surface area contributed by atoms with Crippen molar-refractivity contribution < 1.29 is 0 Å². The Morgan fingerprint density at radius 2 is 0.609 bits per heavy atom. The van der Waals surface area contributed by atoms with Crippen LogP contribution in [-0.4, -0.2) is 0 Å².